The summed E-state index contributed by atoms with van der Waals surface area (Å²) < 4.78 is 0. The van der Waals surface area contributed by atoms with E-state index in [0.717, 1.165) is 17.7 Å². The molecule has 0 radical (unpaired) electrons. The molecule has 0 bridgehead atoms. The van der Waals surface area contributed by atoms with Gasteiger partial charge in [-0.3, -0.25) is 14.6 Å². The van der Waals surface area contributed by atoms with Crippen LogP contribution in [0.25, 0.3) is 0 Å². The molecule has 2 atom stereocenters. The fourth-order valence-electron chi connectivity index (χ4n) is 4.16. The van der Waals surface area contributed by atoms with Crippen LogP contribution in [0.5, 0.6) is 0 Å². The van der Waals surface area contributed by atoms with Crippen LogP contribution in [-0.2, 0) is 4.79 Å². The zero-order valence-electron chi connectivity index (χ0n) is 12.5. The van der Waals surface area contributed by atoms with Crippen LogP contribution in [0.15, 0.2) is 0 Å². The third-order valence-electron chi connectivity index (χ3n) is 5.24. The largest absolute Gasteiger partial charge is 0.369 e. The van der Waals surface area contributed by atoms with Crippen molar-refractivity contribution in [3.05, 3.63) is 0 Å². The minimum atomic E-state index is -1.39. The Morgan fingerprint density at radius 1 is 1.21 bits per heavy atom. The molecule has 3 amide bonds. The third-order valence-corrected chi connectivity index (χ3v) is 5.24. The maximum Gasteiger partial charge on any atom is 0.328 e. The highest BCUT2D eigenvalue weighted by atomic mass is 16.3. The van der Waals surface area contributed by atoms with Gasteiger partial charge in [-0.15, -0.1) is 0 Å². The predicted molar refractivity (Wildman–Crippen MR) is 71.2 cm³/mol. The van der Waals surface area contributed by atoms with Gasteiger partial charge in [0.25, 0.3) is 0 Å². The van der Waals surface area contributed by atoms with Crippen LogP contribution in [0, 0.1) is 10.8 Å². The highest BCUT2D eigenvalue weighted by molar-refractivity contribution is 6.01. The van der Waals surface area contributed by atoms with Gasteiger partial charge < -0.3 is 5.11 Å². The Kier molecular flexibility index (Phi) is 2.97. The Bertz CT molecular complexity index is 434. The minimum Gasteiger partial charge on any atom is -0.369 e. The third kappa shape index (κ3) is 1.39. The first-order valence-corrected chi connectivity index (χ1v) is 6.94. The van der Waals surface area contributed by atoms with E-state index < -0.39 is 22.6 Å². The zero-order chi connectivity index (χ0) is 14.6. The molecular formula is C14H24N2O3. The van der Waals surface area contributed by atoms with Crippen molar-refractivity contribution < 1.29 is 14.7 Å². The average molecular weight is 268 g/mol. The molecule has 1 aliphatic heterocycles. The van der Waals surface area contributed by atoms with Gasteiger partial charge in [-0.25, -0.2) is 4.79 Å². The fourth-order valence-corrected chi connectivity index (χ4v) is 4.16. The number of amides is 3. The first-order chi connectivity index (χ1) is 8.65. The van der Waals surface area contributed by atoms with Gasteiger partial charge in [-0.2, -0.15) is 0 Å². The zero-order valence-corrected chi connectivity index (χ0v) is 12.5. The molecule has 0 aromatic heterocycles. The Balaban J connectivity index is 2.65. The molecule has 2 aliphatic rings. The SMILES string of the molecule is CCC[C@]12CCC(C)(C)[C@@]1(O)N(C)C(=O)N(C)C2=O. The molecule has 1 aliphatic carbocycles. The van der Waals surface area contributed by atoms with Gasteiger partial charge in [0.2, 0.25) is 5.91 Å². The van der Waals surface area contributed by atoms with Gasteiger partial charge in [-0.05, 0) is 19.3 Å². The lowest BCUT2D eigenvalue weighted by molar-refractivity contribution is -0.224. The highest BCUT2D eigenvalue weighted by Gasteiger charge is 2.72. The van der Waals surface area contributed by atoms with E-state index in [2.05, 4.69) is 0 Å². The summed E-state index contributed by atoms with van der Waals surface area (Å²) in [5, 5.41) is 11.3. The molecule has 1 saturated carbocycles. The van der Waals surface area contributed by atoms with Crippen molar-refractivity contribution in [3.8, 4) is 0 Å². The molecule has 19 heavy (non-hydrogen) atoms. The molecule has 1 heterocycles. The molecule has 5 heteroatoms. The van der Waals surface area contributed by atoms with Crippen LogP contribution in [0.3, 0.4) is 0 Å². The van der Waals surface area contributed by atoms with E-state index in [4.69, 9.17) is 0 Å². The lowest BCUT2D eigenvalue weighted by atomic mass is 9.67. The number of urea groups is 1. The van der Waals surface area contributed by atoms with Crippen molar-refractivity contribution in [3.63, 3.8) is 0 Å². The van der Waals surface area contributed by atoms with Crippen molar-refractivity contribution in [2.75, 3.05) is 14.1 Å². The standard InChI is InChI=1S/C14H24N2O3/c1-6-7-13-9-8-12(2,3)14(13,19)16(5)11(18)15(4)10(13)17/h19H,6-9H2,1-5H3/t13-,14+/m1/s1. The second-order valence-corrected chi connectivity index (χ2v) is 6.59. The number of hydrogen-bond donors (Lipinski definition) is 1. The topological polar surface area (TPSA) is 60.9 Å². The van der Waals surface area contributed by atoms with Gasteiger partial charge >= 0.3 is 6.03 Å². The summed E-state index contributed by atoms with van der Waals surface area (Å²) in [6.45, 7) is 5.88. The summed E-state index contributed by atoms with van der Waals surface area (Å²) in [5.41, 5.74) is -2.73. The molecule has 0 unspecified atom stereocenters. The quantitative estimate of drug-likeness (QED) is 0.830. The summed E-state index contributed by atoms with van der Waals surface area (Å²) in [7, 11) is 3.10. The molecule has 0 aromatic rings. The number of carbonyl (C=O) groups is 2. The fraction of sp³-hybridized carbons (Fsp3) is 0.857. The van der Waals surface area contributed by atoms with Crippen molar-refractivity contribution in [2.45, 2.75) is 52.2 Å². The number of aliphatic hydroxyl groups is 1. The lowest BCUT2D eigenvalue weighted by Gasteiger charge is -2.56. The maximum atomic E-state index is 12.7. The summed E-state index contributed by atoms with van der Waals surface area (Å²) in [4.78, 5) is 27.4. The molecule has 1 N–H and O–H groups in total. The smallest absolute Gasteiger partial charge is 0.328 e. The summed E-state index contributed by atoms with van der Waals surface area (Å²) in [5.74, 6) is -0.231. The molecule has 5 nitrogen and oxygen atoms in total. The number of hydrogen-bond acceptors (Lipinski definition) is 3. The first-order valence-electron chi connectivity index (χ1n) is 6.94. The van der Waals surface area contributed by atoms with E-state index in [1.807, 2.05) is 20.8 Å². The van der Waals surface area contributed by atoms with Crippen LogP contribution in [0.4, 0.5) is 4.79 Å². The molecule has 2 rings (SSSR count). The van der Waals surface area contributed by atoms with Crippen molar-refractivity contribution in [1.29, 1.82) is 0 Å². The van der Waals surface area contributed by atoms with Gasteiger partial charge in [-0.1, -0.05) is 27.2 Å². The van der Waals surface area contributed by atoms with E-state index in [9.17, 15) is 14.7 Å². The Hall–Kier alpha value is -1.10. The number of imide groups is 1. The number of carbonyl (C=O) groups excluding carboxylic acids is 2. The van der Waals surface area contributed by atoms with Crippen molar-refractivity contribution >= 4 is 11.9 Å². The second kappa shape index (κ2) is 3.95. The van der Waals surface area contributed by atoms with Gasteiger partial charge in [0, 0.05) is 19.5 Å². The van der Waals surface area contributed by atoms with E-state index in [-0.39, 0.29) is 5.91 Å². The van der Waals surface area contributed by atoms with Crippen LogP contribution < -0.4 is 0 Å². The Morgan fingerprint density at radius 2 is 1.79 bits per heavy atom. The highest BCUT2D eigenvalue weighted by Crippen LogP contribution is 2.62. The van der Waals surface area contributed by atoms with E-state index in [1.54, 1.807) is 7.05 Å². The number of nitrogens with zero attached hydrogens (tertiary/aromatic N) is 2. The van der Waals surface area contributed by atoms with E-state index >= 15 is 0 Å². The summed E-state index contributed by atoms with van der Waals surface area (Å²) in [6.07, 6.45) is 2.78. The maximum absolute atomic E-state index is 12.7. The van der Waals surface area contributed by atoms with Gasteiger partial charge in [0.15, 0.2) is 5.72 Å². The molecule has 108 valence electrons. The first kappa shape index (κ1) is 14.3. The van der Waals surface area contributed by atoms with Crippen molar-refractivity contribution in [2.24, 2.45) is 10.8 Å². The number of fused-ring (bicyclic) bond motifs is 1. The minimum absolute atomic E-state index is 0.231. The Labute approximate surface area is 114 Å². The van der Waals surface area contributed by atoms with Crippen LogP contribution in [0.1, 0.15) is 46.5 Å². The van der Waals surface area contributed by atoms with Crippen molar-refractivity contribution in [1.82, 2.24) is 9.80 Å². The van der Waals surface area contributed by atoms with Crippen LogP contribution >= 0.6 is 0 Å². The summed E-state index contributed by atoms with van der Waals surface area (Å²) >= 11 is 0. The molecule has 0 spiro atoms. The summed E-state index contributed by atoms with van der Waals surface area (Å²) in [6, 6.07) is -0.422. The normalized spacial score (nSPS) is 37.8. The molecule has 2 fully saturated rings. The van der Waals surface area contributed by atoms with Gasteiger partial charge in [0.05, 0.1) is 5.41 Å². The van der Waals surface area contributed by atoms with Crippen LogP contribution in [-0.4, -0.2) is 46.7 Å². The molecular weight excluding hydrogens is 244 g/mol. The average Bonchev–Trinajstić information content (AvgIpc) is 2.57. The Morgan fingerprint density at radius 3 is 2.32 bits per heavy atom. The predicted octanol–water partition coefficient (Wildman–Crippen LogP) is 1.81. The van der Waals surface area contributed by atoms with Gasteiger partial charge in [0.1, 0.15) is 0 Å². The second-order valence-electron chi connectivity index (χ2n) is 6.59. The van der Waals surface area contributed by atoms with Crippen LogP contribution in [0.2, 0.25) is 0 Å². The lowest BCUT2D eigenvalue weighted by Crippen LogP contribution is -2.74. The van der Waals surface area contributed by atoms with E-state index in [0.29, 0.717) is 12.8 Å². The monoisotopic (exact) mass is 268 g/mol. The molecule has 0 aromatic carbocycles. The molecule has 1 saturated heterocycles. The number of rotatable bonds is 2. The van der Waals surface area contributed by atoms with E-state index in [1.165, 1.54) is 11.9 Å².